The Kier molecular flexibility index (Phi) is 15.5. The van der Waals surface area contributed by atoms with Crippen LogP contribution in [0.3, 0.4) is 0 Å². The Labute approximate surface area is 264 Å². The van der Waals surface area contributed by atoms with E-state index in [0.29, 0.717) is 12.8 Å². The molecular weight excluding hydrogens is 540 g/mol. The summed E-state index contributed by atoms with van der Waals surface area (Å²) in [6.07, 6.45) is 15.8. The van der Waals surface area contributed by atoms with Crippen molar-refractivity contribution in [3.63, 3.8) is 0 Å². The van der Waals surface area contributed by atoms with Crippen LogP contribution < -0.4 is 5.32 Å². The summed E-state index contributed by atoms with van der Waals surface area (Å²) in [6, 6.07) is 0. The maximum absolute atomic E-state index is 12.7. The van der Waals surface area contributed by atoms with E-state index in [-0.39, 0.29) is 46.1 Å². The Bertz CT molecular complexity index is 803. The molecule has 0 spiro atoms. The number of nitrogens with zero attached hydrogens (tertiary/aromatic N) is 1. The second-order valence-corrected chi connectivity index (χ2v) is 16.1. The van der Waals surface area contributed by atoms with Crippen LogP contribution in [0, 0.1) is 10.8 Å². The number of piperidine rings is 2. The standard InChI is InChI=1S/C36H68N2O5/c1-10-11-12-13-18-21-24-41-38-35(6,7)25-29(26-36(38,8)9)42-30(39)22-19-16-14-15-17-20-23-31(40)43-32-33(2,3)27-37-28-34(32,4)5/h29,32,37H,10-28H2,1-9H3. The third-order valence-electron chi connectivity index (χ3n) is 9.41. The number of carbonyl (C=O) groups excluding carboxylic acids is 2. The van der Waals surface area contributed by atoms with Crippen molar-refractivity contribution in [3.05, 3.63) is 0 Å². The second-order valence-electron chi connectivity index (χ2n) is 16.1. The SMILES string of the molecule is CCCCCCCCON1C(C)(C)CC(OC(=O)CCCCCCCCC(=O)OC2C(C)(C)CNCC2(C)C)CC1(C)C. The van der Waals surface area contributed by atoms with Crippen molar-refractivity contribution in [2.45, 2.75) is 188 Å². The topological polar surface area (TPSA) is 77.1 Å². The van der Waals surface area contributed by atoms with Gasteiger partial charge in [0.2, 0.25) is 0 Å². The summed E-state index contributed by atoms with van der Waals surface area (Å²) < 4.78 is 12.0. The van der Waals surface area contributed by atoms with Crippen LogP contribution in [0.4, 0.5) is 0 Å². The van der Waals surface area contributed by atoms with Crippen molar-refractivity contribution in [1.29, 1.82) is 0 Å². The van der Waals surface area contributed by atoms with E-state index in [4.69, 9.17) is 14.3 Å². The highest BCUT2D eigenvalue weighted by Gasteiger charge is 2.48. The smallest absolute Gasteiger partial charge is 0.306 e. The monoisotopic (exact) mass is 609 g/mol. The van der Waals surface area contributed by atoms with Crippen molar-refractivity contribution >= 4 is 11.9 Å². The van der Waals surface area contributed by atoms with Gasteiger partial charge < -0.3 is 14.8 Å². The van der Waals surface area contributed by atoms with Crippen molar-refractivity contribution < 1.29 is 23.9 Å². The molecule has 0 amide bonds. The van der Waals surface area contributed by atoms with Crippen LogP contribution in [0.2, 0.25) is 0 Å². The largest absolute Gasteiger partial charge is 0.462 e. The molecule has 7 heteroatoms. The highest BCUT2D eigenvalue weighted by atomic mass is 16.7. The first-order valence-corrected chi connectivity index (χ1v) is 17.6. The maximum atomic E-state index is 12.7. The number of carbonyl (C=O) groups is 2. The van der Waals surface area contributed by atoms with E-state index in [1.807, 2.05) is 0 Å². The summed E-state index contributed by atoms with van der Waals surface area (Å²) in [5, 5.41) is 5.64. The van der Waals surface area contributed by atoms with Crippen LogP contribution in [-0.2, 0) is 23.9 Å². The maximum Gasteiger partial charge on any atom is 0.306 e. The molecule has 0 unspecified atom stereocenters. The zero-order valence-electron chi connectivity index (χ0n) is 29.6. The van der Waals surface area contributed by atoms with Crippen LogP contribution in [0.5, 0.6) is 0 Å². The molecular formula is C36H68N2O5. The zero-order valence-corrected chi connectivity index (χ0v) is 29.6. The van der Waals surface area contributed by atoms with Crippen molar-refractivity contribution in [1.82, 2.24) is 10.4 Å². The Morgan fingerprint density at radius 1 is 0.651 bits per heavy atom. The third-order valence-corrected chi connectivity index (χ3v) is 9.41. The van der Waals surface area contributed by atoms with Crippen molar-refractivity contribution in [3.8, 4) is 0 Å². The van der Waals surface area contributed by atoms with Gasteiger partial charge in [0.15, 0.2) is 0 Å². The van der Waals surface area contributed by atoms with Gasteiger partial charge >= 0.3 is 11.9 Å². The normalized spacial score (nSPS) is 21.9. The molecule has 0 saturated carbocycles. The van der Waals surface area contributed by atoms with Gasteiger partial charge in [-0.15, -0.1) is 0 Å². The van der Waals surface area contributed by atoms with Gasteiger partial charge in [0, 0.05) is 60.7 Å². The lowest BCUT2D eigenvalue weighted by Gasteiger charge is -2.53. The molecule has 0 aromatic carbocycles. The summed E-state index contributed by atoms with van der Waals surface area (Å²) in [4.78, 5) is 31.6. The van der Waals surface area contributed by atoms with Crippen LogP contribution in [0.1, 0.15) is 165 Å². The Hall–Kier alpha value is -1.18. The highest BCUT2D eigenvalue weighted by molar-refractivity contribution is 5.70. The number of hydrogen-bond acceptors (Lipinski definition) is 7. The fraction of sp³-hybridized carbons (Fsp3) is 0.944. The minimum absolute atomic E-state index is 0.0658. The van der Waals surface area contributed by atoms with Gasteiger partial charge in [-0.2, -0.15) is 5.06 Å². The molecule has 0 atom stereocenters. The molecule has 1 N–H and O–H groups in total. The number of unbranched alkanes of at least 4 members (excludes halogenated alkanes) is 10. The molecule has 7 nitrogen and oxygen atoms in total. The number of ether oxygens (including phenoxy) is 2. The Morgan fingerprint density at radius 3 is 1.60 bits per heavy atom. The quantitative estimate of drug-likeness (QED) is 0.116. The summed E-state index contributed by atoms with van der Waals surface area (Å²) in [5.74, 6) is -0.151. The molecule has 0 radical (unpaired) electrons. The molecule has 43 heavy (non-hydrogen) atoms. The van der Waals surface area contributed by atoms with Gasteiger partial charge in [-0.05, 0) is 47.0 Å². The number of hydroxylamine groups is 2. The second kappa shape index (κ2) is 17.5. The molecule has 2 aliphatic rings. The zero-order chi connectivity index (χ0) is 32.2. The van der Waals surface area contributed by atoms with Gasteiger partial charge in [-0.1, -0.05) is 92.4 Å². The number of hydrogen-bond donors (Lipinski definition) is 1. The summed E-state index contributed by atoms with van der Waals surface area (Å²) in [5.41, 5.74) is -0.518. The molecule has 2 aliphatic heterocycles. The first-order chi connectivity index (χ1) is 20.1. The summed E-state index contributed by atoms with van der Waals surface area (Å²) >= 11 is 0. The van der Waals surface area contributed by atoms with Gasteiger partial charge in [-0.3, -0.25) is 14.4 Å². The van der Waals surface area contributed by atoms with E-state index in [9.17, 15) is 9.59 Å². The molecule has 2 saturated heterocycles. The lowest BCUT2D eigenvalue weighted by molar-refractivity contribution is -0.293. The van der Waals surface area contributed by atoms with E-state index >= 15 is 0 Å². The van der Waals surface area contributed by atoms with E-state index in [1.165, 1.54) is 32.1 Å². The van der Waals surface area contributed by atoms with E-state index in [1.54, 1.807) is 0 Å². The Morgan fingerprint density at radius 2 is 1.09 bits per heavy atom. The van der Waals surface area contributed by atoms with Gasteiger partial charge in [0.25, 0.3) is 0 Å². The van der Waals surface area contributed by atoms with Gasteiger partial charge in [0.1, 0.15) is 12.2 Å². The molecule has 0 aromatic rings. The number of esters is 2. The number of nitrogens with one attached hydrogen (secondary N) is 1. The van der Waals surface area contributed by atoms with Gasteiger partial charge in [0.05, 0.1) is 6.61 Å². The fourth-order valence-electron chi connectivity index (χ4n) is 7.59. The molecule has 252 valence electrons. The summed E-state index contributed by atoms with van der Waals surface area (Å²) in [7, 11) is 0. The first kappa shape index (κ1) is 38.0. The Balaban J connectivity index is 1.58. The minimum Gasteiger partial charge on any atom is -0.462 e. The average Bonchev–Trinajstić information content (AvgIpc) is 2.87. The average molecular weight is 609 g/mol. The van der Waals surface area contributed by atoms with E-state index in [0.717, 1.165) is 77.5 Å². The van der Waals surface area contributed by atoms with E-state index < -0.39 is 0 Å². The van der Waals surface area contributed by atoms with Gasteiger partial charge in [-0.25, -0.2) is 0 Å². The predicted molar refractivity (Wildman–Crippen MR) is 176 cm³/mol. The van der Waals surface area contributed by atoms with Crippen molar-refractivity contribution in [2.24, 2.45) is 10.8 Å². The third kappa shape index (κ3) is 13.0. The lowest BCUT2D eigenvalue weighted by atomic mass is 9.69. The van der Waals surface area contributed by atoms with Crippen LogP contribution in [-0.4, -0.2) is 60.0 Å². The predicted octanol–water partition coefficient (Wildman–Crippen LogP) is 8.53. The fourth-order valence-corrected chi connectivity index (χ4v) is 7.59. The molecule has 2 fully saturated rings. The number of rotatable bonds is 19. The molecule has 2 rings (SSSR count). The van der Waals surface area contributed by atoms with E-state index in [2.05, 4.69) is 72.7 Å². The van der Waals surface area contributed by atoms with Crippen LogP contribution in [0.25, 0.3) is 0 Å². The minimum atomic E-state index is -0.193. The lowest BCUT2D eigenvalue weighted by Crippen LogP contribution is -2.62. The first-order valence-electron chi connectivity index (χ1n) is 17.6. The van der Waals surface area contributed by atoms with Crippen LogP contribution >= 0.6 is 0 Å². The molecule has 0 aromatic heterocycles. The molecule has 0 bridgehead atoms. The highest BCUT2D eigenvalue weighted by Crippen LogP contribution is 2.41. The van der Waals surface area contributed by atoms with Crippen molar-refractivity contribution in [2.75, 3.05) is 19.7 Å². The molecule has 2 heterocycles. The van der Waals surface area contributed by atoms with Crippen LogP contribution in [0.15, 0.2) is 0 Å². The molecule has 0 aliphatic carbocycles. The summed E-state index contributed by atoms with van der Waals surface area (Å²) in [6.45, 7) is 22.2.